The predicted octanol–water partition coefficient (Wildman–Crippen LogP) is 3.46. The van der Waals surface area contributed by atoms with Gasteiger partial charge in [-0.25, -0.2) is 4.79 Å². The largest absolute Gasteiger partial charge is 0.497 e. The Morgan fingerprint density at radius 2 is 1.87 bits per heavy atom. The summed E-state index contributed by atoms with van der Waals surface area (Å²) >= 11 is 7.17. The Hall–Kier alpha value is -2.05. The maximum atomic E-state index is 12.3. The highest BCUT2D eigenvalue weighted by molar-refractivity contribution is 7.16. The van der Waals surface area contributed by atoms with E-state index < -0.39 is 17.9 Å². The molecule has 1 amide bonds. The van der Waals surface area contributed by atoms with E-state index in [0.29, 0.717) is 15.6 Å². The second-order valence-electron chi connectivity index (χ2n) is 4.92. The van der Waals surface area contributed by atoms with E-state index in [1.165, 1.54) is 18.4 Å². The molecule has 2 aromatic rings. The minimum absolute atomic E-state index is 0.369. The van der Waals surface area contributed by atoms with E-state index >= 15 is 0 Å². The van der Waals surface area contributed by atoms with Crippen molar-refractivity contribution in [3.8, 4) is 5.75 Å². The molecular formula is C16H16ClNO4S. The van der Waals surface area contributed by atoms with Gasteiger partial charge in [0.15, 0.2) is 6.04 Å². The van der Waals surface area contributed by atoms with Gasteiger partial charge in [-0.15, -0.1) is 11.3 Å². The van der Waals surface area contributed by atoms with E-state index in [2.05, 4.69) is 5.32 Å². The highest BCUT2D eigenvalue weighted by Gasteiger charge is 2.26. The highest BCUT2D eigenvalue weighted by atomic mass is 35.5. The van der Waals surface area contributed by atoms with Gasteiger partial charge in [0.1, 0.15) is 5.75 Å². The van der Waals surface area contributed by atoms with Crippen LogP contribution in [0.5, 0.6) is 5.75 Å². The first-order valence-corrected chi connectivity index (χ1v) is 8.04. The van der Waals surface area contributed by atoms with Crippen LogP contribution in [0.25, 0.3) is 0 Å². The van der Waals surface area contributed by atoms with Crippen molar-refractivity contribution in [3.05, 3.63) is 51.2 Å². The Morgan fingerprint density at radius 1 is 1.22 bits per heavy atom. The monoisotopic (exact) mass is 353 g/mol. The molecule has 23 heavy (non-hydrogen) atoms. The number of benzene rings is 1. The molecule has 0 aliphatic carbocycles. The van der Waals surface area contributed by atoms with Gasteiger partial charge >= 0.3 is 5.97 Å². The molecule has 0 saturated heterocycles. The molecule has 0 aliphatic rings. The number of methoxy groups -OCH3 is 1. The quantitative estimate of drug-likeness (QED) is 0.834. The minimum atomic E-state index is -1.13. The third-order valence-corrected chi connectivity index (χ3v) is 4.81. The van der Waals surface area contributed by atoms with Gasteiger partial charge in [-0.05, 0) is 36.8 Å². The molecule has 0 saturated carbocycles. The van der Waals surface area contributed by atoms with Crippen molar-refractivity contribution in [2.24, 2.45) is 0 Å². The fourth-order valence-electron chi connectivity index (χ4n) is 2.04. The Labute approximate surface area is 142 Å². The molecule has 2 rings (SSSR count). The van der Waals surface area contributed by atoms with Crippen LogP contribution in [0.2, 0.25) is 4.34 Å². The Balaban J connectivity index is 2.15. The standard InChI is InChI=1S/C16H16ClNO4S/c1-9(12-7-8-13(17)23-12)15(19)18-14(16(20)21)10-3-5-11(22-2)6-4-10/h3-9,14H,1-2H3,(H,18,19)(H,20,21). The summed E-state index contributed by atoms with van der Waals surface area (Å²) in [6.07, 6.45) is 0. The van der Waals surface area contributed by atoms with E-state index in [1.807, 2.05) is 0 Å². The average molecular weight is 354 g/mol. The maximum absolute atomic E-state index is 12.3. The van der Waals surface area contributed by atoms with Gasteiger partial charge in [-0.1, -0.05) is 23.7 Å². The third-order valence-electron chi connectivity index (χ3n) is 3.40. The molecule has 7 heteroatoms. The number of rotatable bonds is 6. The summed E-state index contributed by atoms with van der Waals surface area (Å²) < 4.78 is 5.63. The zero-order valence-electron chi connectivity index (χ0n) is 12.6. The summed E-state index contributed by atoms with van der Waals surface area (Å²) in [5, 5.41) is 12.0. The van der Waals surface area contributed by atoms with Crippen LogP contribution in [0, 0.1) is 0 Å². The van der Waals surface area contributed by atoms with Crippen LogP contribution in [0.1, 0.15) is 29.3 Å². The van der Waals surface area contributed by atoms with E-state index in [9.17, 15) is 14.7 Å². The summed E-state index contributed by atoms with van der Waals surface area (Å²) in [4.78, 5) is 24.6. The van der Waals surface area contributed by atoms with Crippen LogP contribution in [0.3, 0.4) is 0 Å². The number of carbonyl (C=O) groups excluding carboxylic acids is 1. The van der Waals surface area contributed by atoms with Crippen molar-refractivity contribution in [2.45, 2.75) is 18.9 Å². The number of halogens is 1. The number of hydrogen-bond donors (Lipinski definition) is 2. The second-order valence-corrected chi connectivity index (χ2v) is 6.66. The number of ether oxygens (including phenoxy) is 1. The molecule has 2 atom stereocenters. The average Bonchev–Trinajstić information content (AvgIpc) is 2.98. The summed E-state index contributed by atoms with van der Waals surface area (Å²) in [6, 6.07) is 8.89. The lowest BCUT2D eigenvalue weighted by Crippen LogP contribution is -2.36. The first kappa shape index (κ1) is 17.3. The smallest absolute Gasteiger partial charge is 0.330 e. The third kappa shape index (κ3) is 4.24. The molecule has 1 heterocycles. The number of carboxylic acid groups (broad SMARTS) is 1. The zero-order valence-corrected chi connectivity index (χ0v) is 14.1. The molecule has 2 unspecified atom stereocenters. The molecule has 0 spiro atoms. The number of carboxylic acids is 1. The van der Waals surface area contributed by atoms with Crippen molar-refractivity contribution in [1.29, 1.82) is 0 Å². The highest BCUT2D eigenvalue weighted by Crippen LogP contribution is 2.29. The Morgan fingerprint density at radius 3 is 2.35 bits per heavy atom. The van der Waals surface area contributed by atoms with Gasteiger partial charge in [0.2, 0.25) is 5.91 Å². The molecule has 5 nitrogen and oxygen atoms in total. The lowest BCUT2D eigenvalue weighted by Gasteiger charge is -2.18. The molecule has 0 aliphatic heterocycles. The number of amides is 1. The molecule has 0 radical (unpaired) electrons. The van der Waals surface area contributed by atoms with E-state index in [4.69, 9.17) is 16.3 Å². The SMILES string of the molecule is COc1ccc(C(NC(=O)C(C)c2ccc(Cl)s2)C(=O)O)cc1. The number of aliphatic carboxylic acids is 1. The predicted molar refractivity (Wildman–Crippen MR) is 89.3 cm³/mol. The number of nitrogens with one attached hydrogen (secondary N) is 1. The van der Waals surface area contributed by atoms with Crippen molar-refractivity contribution in [2.75, 3.05) is 7.11 Å². The van der Waals surface area contributed by atoms with Crippen molar-refractivity contribution in [1.82, 2.24) is 5.32 Å². The zero-order chi connectivity index (χ0) is 17.0. The van der Waals surface area contributed by atoms with Crippen LogP contribution < -0.4 is 10.1 Å². The van der Waals surface area contributed by atoms with Crippen molar-refractivity contribution in [3.63, 3.8) is 0 Å². The lowest BCUT2D eigenvalue weighted by molar-refractivity contribution is -0.142. The molecule has 0 fully saturated rings. The fraction of sp³-hybridized carbons (Fsp3) is 0.250. The summed E-state index contributed by atoms with van der Waals surface area (Å²) in [5.74, 6) is -1.36. The fourth-order valence-corrected chi connectivity index (χ4v) is 3.15. The van der Waals surface area contributed by atoms with Crippen LogP contribution in [0.15, 0.2) is 36.4 Å². The van der Waals surface area contributed by atoms with Crippen molar-refractivity contribution < 1.29 is 19.4 Å². The molecule has 2 N–H and O–H groups in total. The lowest BCUT2D eigenvalue weighted by atomic mass is 10.0. The number of thiophene rings is 1. The Kier molecular flexibility index (Phi) is 5.63. The maximum Gasteiger partial charge on any atom is 0.330 e. The molecule has 122 valence electrons. The van der Waals surface area contributed by atoms with Crippen LogP contribution in [0.4, 0.5) is 0 Å². The summed E-state index contributed by atoms with van der Waals surface area (Å²) in [7, 11) is 1.53. The van der Waals surface area contributed by atoms with Crippen LogP contribution >= 0.6 is 22.9 Å². The van der Waals surface area contributed by atoms with Gasteiger partial charge in [0, 0.05) is 4.88 Å². The van der Waals surface area contributed by atoms with Crippen LogP contribution in [-0.4, -0.2) is 24.1 Å². The molecule has 1 aromatic carbocycles. The van der Waals surface area contributed by atoms with Gasteiger partial charge in [0.25, 0.3) is 0 Å². The normalized spacial score (nSPS) is 13.2. The first-order chi connectivity index (χ1) is 10.9. The first-order valence-electron chi connectivity index (χ1n) is 6.84. The molecule has 0 bridgehead atoms. The second kappa shape index (κ2) is 7.48. The van der Waals surface area contributed by atoms with Gasteiger partial charge < -0.3 is 15.2 Å². The van der Waals surface area contributed by atoms with Gasteiger partial charge in [0.05, 0.1) is 17.4 Å². The van der Waals surface area contributed by atoms with Gasteiger partial charge in [-0.2, -0.15) is 0 Å². The number of carbonyl (C=O) groups is 2. The van der Waals surface area contributed by atoms with E-state index in [1.54, 1.807) is 43.3 Å². The molecular weight excluding hydrogens is 338 g/mol. The van der Waals surface area contributed by atoms with E-state index in [0.717, 1.165) is 4.88 Å². The van der Waals surface area contributed by atoms with Crippen molar-refractivity contribution >= 4 is 34.8 Å². The number of hydrogen-bond acceptors (Lipinski definition) is 4. The van der Waals surface area contributed by atoms with Crippen LogP contribution in [-0.2, 0) is 9.59 Å². The minimum Gasteiger partial charge on any atom is -0.497 e. The molecule has 1 aromatic heterocycles. The summed E-state index contributed by atoms with van der Waals surface area (Å²) in [5.41, 5.74) is 0.475. The Bertz CT molecular complexity index is 698. The van der Waals surface area contributed by atoms with Gasteiger partial charge in [-0.3, -0.25) is 4.79 Å². The van der Waals surface area contributed by atoms with E-state index in [-0.39, 0.29) is 5.91 Å². The topological polar surface area (TPSA) is 75.6 Å². The summed E-state index contributed by atoms with van der Waals surface area (Å²) in [6.45, 7) is 1.71.